The number of pyridine rings is 1. The summed E-state index contributed by atoms with van der Waals surface area (Å²) in [6, 6.07) is 4.62. The fourth-order valence-electron chi connectivity index (χ4n) is 4.79. The zero-order chi connectivity index (χ0) is 23.9. The molecule has 2 aromatic rings. The predicted molar refractivity (Wildman–Crippen MR) is 129 cm³/mol. The average Bonchev–Trinajstić information content (AvgIpc) is 2.85. The van der Waals surface area contributed by atoms with E-state index >= 15 is 0 Å². The molecule has 7 heteroatoms. The number of aromatic nitrogens is 1. The van der Waals surface area contributed by atoms with E-state index in [1.807, 2.05) is 11.8 Å². The van der Waals surface area contributed by atoms with E-state index in [-0.39, 0.29) is 17.8 Å². The maximum atomic E-state index is 13.9. The van der Waals surface area contributed by atoms with Gasteiger partial charge < -0.3 is 19.1 Å². The maximum absolute atomic E-state index is 13.9. The van der Waals surface area contributed by atoms with Gasteiger partial charge in [0, 0.05) is 43.7 Å². The first-order chi connectivity index (χ1) is 16.5. The Kier molecular flexibility index (Phi) is 8.73. The van der Waals surface area contributed by atoms with Crippen molar-refractivity contribution in [2.75, 3.05) is 32.9 Å². The van der Waals surface area contributed by atoms with Crippen molar-refractivity contribution in [1.82, 2.24) is 9.88 Å². The van der Waals surface area contributed by atoms with Crippen LogP contribution in [0.5, 0.6) is 5.75 Å². The molecule has 1 amide bonds. The van der Waals surface area contributed by atoms with E-state index in [9.17, 15) is 9.18 Å². The summed E-state index contributed by atoms with van der Waals surface area (Å²) in [5, 5.41) is 0.703. The number of carbonyl (C=O) groups excluding carboxylic acids is 1. The molecule has 4 rings (SSSR count). The van der Waals surface area contributed by atoms with Gasteiger partial charge >= 0.3 is 0 Å². The van der Waals surface area contributed by atoms with Crippen molar-refractivity contribution in [3.63, 3.8) is 0 Å². The lowest BCUT2D eigenvalue weighted by Gasteiger charge is -2.33. The Bertz CT molecular complexity index is 969. The zero-order valence-electron chi connectivity index (χ0n) is 20.5. The monoisotopic (exact) mass is 472 g/mol. The van der Waals surface area contributed by atoms with Gasteiger partial charge in [-0.25, -0.2) is 9.37 Å². The summed E-state index contributed by atoms with van der Waals surface area (Å²) in [7, 11) is 0. The van der Waals surface area contributed by atoms with Crippen LogP contribution in [0.4, 0.5) is 4.39 Å². The third-order valence-electron chi connectivity index (χ3n) is 7.03. The quantitative estimate of drug-likeness (QED) is 0.470. The molecule has 3 heterocycles. The average molecular weight is 473 g/mol. The molecule has 186 valence electrons. The maximum Gasteiger partial charge on any atom is 0.222 e. The van der Waals surface area contributed by atoms with Gasteiger partial charge in [-0.05, 0) is 63.1 Å². The number of carbonyl (C=O) groups is 1. The van der Waals surface area contributed by atoms with Crippen molar-refractivity contribution in [3.8, 4) is 5.75 Å². The first-order valence-corrected chi connectivity index (χ1v) is 12.7. The number of ether oxygens (including phenoxy) is 3. The number of nitrogens with zero attached hydrogens (tertiary/aromatic N) is 2. The van der Waals surface area contributed by atoms with Crippen molar-refractivity contribution in [1.29, 1.82) is 0 Å². The molecule has 2 fully saturated rings. The van der Waals surface area contributed by atoms with E-state index in [1.165, 1.54) is 12.1 Å². The number of hydrogen-bond donors (Lipinski definition) is 0. The van der Waals surface area contributed by atoms with E-state index in [4.69, 9.17) is 19.2 Å². The van der Waals surface area contributed by atoms with Crippen LogP contribution < -0.4 is 4.74 Å². The van der Waals surface area contributed by atoms with Crippen LogP contribution in [0.15, 0.2) is 18.2 Å². The number of fused-ring (bicyclic) bond motifs is 1. The van der Waals surface area contributed by atoms with Gasteiger partial charge in [-0.1, -0.05) is 13.3 Å². The minimum absolute atomic E-state index is 0.0988. The first kappa shape index (κ1) is 24.9. The van der Waals surface area contributed by atoms with Crippen molar-refractivity contribution >= 4 is 16.8 Å². The van der Waals surface area contributed by atoms with Crippen LogP contribution >= 0.6 is 0 Å². The Balaban J connectivity index is 1.34. The number of likely N-dealkylation sites (tertiary alicyclic amines) is 1. The molecular weight excluding hydrogens is 435 g/mol. The Morgan fingerprint density at radius 3 is 2.71 bits per heavy atom. The number of amides is 1. The smallest absolute Gasteiger partial charge is 0.222 e. The second kappa shape index (κ2) is 11.9. The predicted octanol–water partition coefficient (Wildman–Crippen LogP) is 5.19. The van der Waals surface area contributed by atoms with Crippen molar-refractivity contribution in [2.24, 2.45) is 5.92 Å². The first-order valence-electron chi connectivity index (χ1n) is 12.7. The summed E-state index contributed by atoms with van der Waals surface area (Å²) in [5.74, 6) is 1.12. The van der Waals surface area contributed by atoms with Gasteiger partial charge in [0.15, 0.2) is 0 Å². The van der Waals surface area contributed by atoms with Gasteiger partial charge in [-0.2, -0.15) is 0 Å². The van der Waals surface area contributed by atoms with Crippen molar-refractivity contribution in [2.45, 2.75) is 71.5 Å². The normalized spacial score (nSPS) is 17.9. The third kappa shape index (κ3) is 6.25. The van der Waals surface area contributed by atoms with Crippen LogP contribution in [0, 0.1) is 18.7 Å². The van der Waals surface area contributed by atoms with Crippen LogP contribution in [0.3, 0.4) is 0 Å². The summed E-state index contributed by atoms with van der Waals surface area (Å²) in [4.78, 5) is 19.4. The van der Waals surface area contributed by atoms with Gasteiger partial charge in [0.25, 0.3) is 0 Å². The van der Waals surface area contributed by atoms with Crippen LogP contribution in [-0.4, -0.2) is 54.8 Å². The second-order valence-electron chi connectivity index (χ2n) is 9.53. The SMILES string of the molecule is CCCCOc1c(C)c(COC2CCN(C(=O)CC3CCOCC3)CC2)nc2ccc(F)cc12. The summed E-state index contributed by atoms with van der Waals surface area (Å²) >= 11 is 0. The fraction of sp³-hybridized carbons (Fsp3) is 0.630. The summed E-state index contributed by atoms with van der Waals surface area (Å²) in [5.41, 5.74) is 2.44. The topological polar surface area (TPSA) is 60.9 Å². The van der Waals surface area contributed by atoms with Gasteiger partial charge in [0.2, 0.25) is 5.91 Å². The molecule has 1 aromatic carbocycles. The standard InChI is InChI=1S/C27H37FN2O4/c1-3-4-13-33-27-19(2)25(29-24-6-5-21(28)17-23(24)27)18-34-22-7-11-30(12-8-22)26(31)16-20-9-14-32-15-10-20/h5-6,17,20,22H,3-4,7-16,18H2,1-2H3. The lowest BCUT2D eigenvalue weighted by Crippen LogP contribution is -2.41. The minimum atomic E-state index is -0.295. The molecule has 0 saturated carbocycles. The molecule has 2 aliphatic rings. The second-order valence-corrected chi connectivity index (χ2v) is 9.53. The van der Waals surface area contributed by atoms with Gasteiger partial charge in [0.05, 0.1) is 30.5 Å². The number of hydrogen-bond acceptors (Lipinski definition) is 5. The van der Waals surface area contributed by atoms with Gasteiger partial charge in [0.1, 0.15) is 11.6 Å². The van der Waals surface area contributed by atoms with Crippen LogP contribution in [-0.2, 0) is 20.9 Å². The van der Waals surface area contributed by atoms with E-state index in [0.29, 0.717) is 42.2 Å². The molecule has 34 heavy (non-hydrogen) atoms. The zero-order valence-corrected chi connectivity index (χ0v) is 20.5. The molecule has 0 unspecified atom stereocenters. The van der Waals surface area contributed by atoms with Gasteiger partial charge in [-0.3, -0.25) is 4.79 Å². The Hall–Kier alpha value is -2.25. The highest BCUT2D eigenvalue weighted by Gasteiger charge is 2.26. The lowest BCUT2D eigenvalue weighted by molar-refractivity contribution is -0.135. The highest BCUT2D eigenvalue weighted by molar-refractivity contribution is 5.86. The van der Waals surface area contributed by atoms with Crippen LogP contribution in [0.1, 0.15) is 63.1 Å². The summed E-state index contributed by atoms with van der Waals surface area (Å²) in [6.07, 6.45) is 6.34. The molecule has 0 radical (unpaired) electrons. The highest BCUT2D eigenvalue weighted by atomic mass is 19.1. The van der Waals surface area contributed by atoms with E-state index < -0.39 is 0 Å². The summed E-state index contributed by atoms with van der Waals surface area (Å²) < 4.78 is 31.6. The Morgan fingerprint density at radius 1 is 1.21 bits per heavy atom. The molecule has 0 atom stereocenters. The number of halogens is 1. The molecule has 6 nitrogen and oxygen atoms in total. The Morgan fingerprint density at radius 2 is 1.97 bits per heavy atom. The van der Waals surface area contributed by atoms with Gasteiger partial charge in [-0.15, -0.1) is 0 Å². The van der Waals surface area contributed by atoms with E-state index in [2.05, 4.69) is 6.92 Å². The lowest BCUT2D eigenvalue weighted by atomic mass is 9.95. The molecule has 0 N–H and O–H groups in total. The van der Waals surface area contributed by atoms with E-state index in [0.717, 1.165) is 76.1 Å². The molecule has 0 spiro atoms. The van der Waals surface area contributed by atoms with Crippen molar-refractivity contribution < 1.29 is 23.4 Å². The number of benzene rings is 1. The number of piperidine rings is 1. The molecular formula is C27H37FN2O4. The van der Waals surface area contributed by atoms with Crippen LogP contribution in [0.2, 0.25) is 0 Å². The third-order valence-corrected chi connectivity index (χ3v) is 7.03. The molecule has 0 aliphatic carbocycles. The molecule has 2 saturated heterocycles. The molecule has 2 aliphatic heterocycles. The fourth-order valence-corrected chi connectivity index (χ4v) is 4.79. The molecule has 0 bridgehead atoms. The van der Waals surface area contributed by atoms with E-state index in [1.54, 1.807) is 6.07 Å². The number of unbranched alkanes of at least 4 members (excludes halogenated alkanes) is 1. The molecule has 1 aromatic heterocycles. The number of rotatable bonds is 9. The minimum Gasteiger partial charge on any atom is -0.493 e. The van der Waals surface area contributed by atoms with Crippen LogP contribution in [0.25, 0.3) is 10.9 Å². The largest absolute Gasteiger partial charge is 0.493 e. The highest BCUT2D eigenvalue weighted by Crippen LogP contribution is 2.32. The Labute approximate surface area is 201 Å². The van der Waals surface area contributed by atoms with Crippen molar-refractivity contribution in [3.05, 3.63) is 35.3 Å². The summed E-state index contributed by atoms with van der Waals surface area (Å²) in [6.45, 7) is 8.08.